The Kier molecular flexibility index (Phi) is 5.88. The van der Waals surface area contributed by atoms with Crippen LogP contribution in [0.1, 0.15) is 66.7 Å². The number of nitrogens with two attached hydrogens (primary N) is 1. The number of benzene rings is 2. The fourth-order valence-electron chi connectivity index (χ4n) is 5.78. The summed E-state index contributed by atoms with van der Waals surface area (Å²) >= 11 is 0. The smallest absolute Gasteiger partial charge is 0.0242 e. The van der Waals surface area contributed by atoms with Crippen LogP contribution in [0.15, 0.2) is 48.5 Å². The first-order valence-corrected chi connectivity index (χ1v) is 11.0. The molecule has 2 aromatic rings. The van der Waals surface area contributed by atoms with Crippen molar-refractivity contribution in [3.8, 4) is 12.3 Å². The SMILES string of the molecule is C#Cc1ccc(CC2CC(c3ccc(C)cc3)CC2C2CCCC(N)C2)cc1. The van der Waals surface area contributed by atoms with Crippen molar-refractivity contribution in [3.63, 3.8) is 0 Å². The summed E-state index contributed by atoms with van der Waals surface area (Å²) in [4.78, 5) is 0. The number of hydrogen-bond acceptors (Lipinski definition) is 1. The molecule has 4 rings (SSSR count). The first-order chi connectivity index (χ1) is 13.6. The lowest BCUT2D eigenvalue weighted by molar-refractivity contribution is 0.187. The maximum absolute atomic E-state index is 6.37. The zero-order valence-corrected chi connectivity index (χ0v) is 17.1. The van der Waals surface area contributed by atoms with Gasteiger partial charge in [-0.25, -0.2) is 0 Å². The molecule has 0 aliphatic heterocycles. The number of rotatable bonds is 4. The van der Waals surface area contributed by atoms with E-state index in [0.29, 0.717) is 12.0 Å². The Labute approximate surface area is 170 Å². The Hall–Kier alpha value is -2.04. The van der Waals surface area contributed by atoms with Crippen LogP contribution in [0, 0.1) is 37.0 Å². The summed E-state index contributed by atoms with van der Waals surface area (Å²) in [6.07, 6.45) is 14.4. The normalized spacial score (nSPS) is 30.1. The molecule has 1 nitrogen and oxygen atoms in total. The fourth-order valence-corrected chi connectivity index (χ4v) is 5.78. The summed E-state index contributed by atoms with van der Waals surface area (Å²) < 4.78 is 0. The third-order valence-electron chi connectivity index (χ3n) is 7.28. The van der Waals surface area contributed by atoms with Crippen LogP contribution < -0.4 is 5.73 Å². The summed E-state index contributed by atoms with van der Waals surface area (Å²) in [6, 6.07) is 18.3. The Bertz CT molecular complexity index is 811. The van der Waals surface area contributed by atoms with Gasteiger partial charge in [0.05, 0.1) is 0 Å². The van der Waals surface area contributed by atoms with E-state index in [1.54, 1.807) is 0 Å². The molecule has 0 heterocycles. The summed E-state index contributed by atoms with van der Waals surface area (Å²) in [6.45, 7) is 2.17. The first kappa shape index (κ1) is 19.3. The van der Waals surface area contributed by atoms with Crippen molar-refractivity contribution in [3.05, 3.63) is 70.8 Å². The lowest BCUT2D eigenvalue weighted by atomic mass is 9.72. The topological polar surface area (TPSA) is 26.0 Å². The van der Waals surface area contributed by atoms with Crippen LogP contribution in [-0.4, -0.2) is 6.04 Å². The highest BCUT2D eigenvalue weighted by molar-refractivity contribution is 5.34. The van der Waals surface area contributed by atoms with Crippen molar-refractivity contribution < 1.29 is 0 Å². The molecule has 0 amide bonds. The molecule has 0 bridgehead atoms. The van der Waals surface area contributed by atoms with Crippen molar-refractivity contribution in [2.75, 3.05) is 0 Å². The third-order valence-corrected chi connectivity index (χ3v) is 7.28. The largest absolute Gasteiger partial charge is 0.328 e. The van der Waals surface area contributed by atoms with Crippen LogP contribution in [0.25, 0.3) is 0 Å². The van der Waals surface area contributed by atoms with Crippen molar-refractivity contribution in [2.24, 2.45) is 23.5 Å². The molecule has 28 heavy (non-hydrogen) atoms. The van der Waals surface area contributed by atoms with Crippen LogP contribution in [0.5, 0.6) is 0 Å². The minimum absolute atomic E-state index is 0.410. The number of hydrogen-bond donors (Lipinski definition) is 1. The average molecular weight is 372 g/mol. The van der Waals surface area contributed by atoms with Gasteiger partial charge in [0, 0.05) is 11.6 Å². The van der Waals surface area contributed by atoms with Crippen LogP contribution in [0.3, 0.4) is 0 Å². The molecule has 0 radical (unpaired) electrons. The maximum Gasteiger partial charge on any atom is 0.0242 e. The number of aryl methyl sites for hydroxylation is 1. The second-order valence-corrected chi connectivity index (χ2v) is 9.24. The van der Waals surface area contributed by atoms with E-state index in [2.05, 4.69) is 61.4 Å². The van der Waals surface area contributed by atoms with Crippen LogP contribution in [0.4, 0.5) is 0 Å². The van der Waals surface area contributed by atoms with E-state index < -0.39 is 0 Å². The van der Waals surface area contributed by atoms with E-state index >= 15 is 0 Å². The quantitative estimate of drug-likeness (QED) is 0.671. The van der Waals surface area contributed by atoms with Crippen LogP contribution in [-0.2, 0) is 6.42 Å². The van der Waals surface area contributed by atoms with Crippen LogP contribution in [0.2, 0.25) is 0 Å². The van der Waals surface area contributed by atoms with Crippen molar-refractivity contribution in [1.82, 2.24) is 0 Å². The average Bonchev–Trinajstić information content (AvgIpc) is 3.13. The van der Waals surface area contributed by atoms with Gasteiger partial charge in [0.25, 0.3) is 0 Å². The summed E-state index contributed by atoms with van der Waals surface area (Å²) in [5.41, 5.74) is 11.6. The van der Waals surface area contributed by atoms with Gasteiger partial charge in [-0.15, -0.1) is 6.42 Å². The molecule has 2 aromatic carbocycles. The van der Waals surface area contributed by atoms with Gasteiger partial charge < -0.3 is 5.73 Å². The standard InChI is InChI=1S/C27H33N/c1-3-20-9-11-21(12-10-20)15-25-16-24(22-13-7-19(2)8-14-22)18-27(25)23-5-4-6-26(28)17-23/h1,7-14,23-27H,4-6,15-18,28H2,2H3. The van der Waals surface area contributed by atoms with Gasteiger partial charge in [0.1, 0.15) is 0 Å². The monoisotopic (exact) mass is 371 g/mol. The van der Waals surface area contributed by atoms with Gasteiger partial charge in [-0.3, -0.25) is 0 Å². The molecule has 2 saturated carbocycles. The lowest BCUT2D eigenvalue weighted by Gasteiger charge is -2.34. The highest BCUT2D eigenvalue weighted by atomic mass is 14.6. The lowest BCUT2D eigenvalue weighted by Crippen LogP contribution is -2.33. The summed E-state index contributed by atoms with van der Waals surface area (Å²) in [5, 5.41) is 0. The third kappa shape index (κ3) is 4.34. The molecule has 2 fully saturated rings. The second-order valence-electron chi connectivity index (χ2n) is 9.24. The van der Waals surface area contributed by atoms with Crippen LogP contribution >= 0.6 is 0 Å². The molecule has 0 aromatic heterocycles. The highest BCUT2D eigenvalue weighted by Crippen LogP contribution is 2.50. The second kappa shape index (κ2) is 8.54. The predicted octanol–water partition coefficient (Wildman–Crippen LogP) is 5.85. The molecule has 2 N–H and O–H groups in total. The minimum atomic E-state index is 0.410. The van der Waals surface area contributed by atoms with Gasteiger partial charge in [0.15, 0.2) is 0 Å². The Morgan fingerprint density at radius 1 is 0.964 bits per heavy atom. The van der Waals surface area contributed by atoms with Gasteiger partial charge in [-0.1, -0.05) is 60.7 Å². The predicted molar refractivity (Wildman–Crippen MR) is 118 cm³/mol. The molecule has 5 unspecified atom stereocenters. The Morgan fingerprint density at radius 3 is 2.39 bits per heavy atom. The minimum Gasteiger partial charge on any atom is -0.328 e. The van der Waals surface area contributed by atoms with Crippen molar-refractivity contribution in [2.45, 2.75) is 63.8 Å². The van der Waals surface area contributed by atoms with Gasteiger partial charge in [0.2, 0.25) is 0 Å². The Balaban J connectivity index is 1.54. The molecule has 1 heteroatoms. The maximum atomic E-state index is 6.37. The van der Waals surface area contributed by atoms with Crippen molar-refractivity contribution >= 4 is 0 Å². The molecule has 2 aliphatic carbocycles. The summed E-state index contributed by atoms with van der Waals surface area (Å²) in [5.74, 6) is 5.77. The molecule has 146 valence electrons. The molecular formula is C27H33N. The van der Waals surface area contributed by atoms with E-state index in [0.717, 1.165) is 23.3 Å². The Morgan fingerprint density at radius 2 is 1.71 bits per heavy atom. The zero-order chi connectivity index (χ0) is 19.5. The molecule has 2 aliphatic rings. The molecule has 0 saturated heterocycles. The van der Waals surface area contributed by atoms with E-state index in [-0.39, 0.29) is 0 Å². The van der Waals surface area contributed by atoms with Gasteiger partial charge in [-0.2, -0.15) is 0 Å². The van der Waals surface area contributed by atoms with E-state index in [9.17, 15) is 0 Å². The van der Waals surface area contributed by atoms with Gasteiger partial charge in [-0.05, 0) is 86.0 Å². The summed E-state index contributed by atoms with van der Waals surface area (Å²) in [7, 11) is 0. The molecular weight excluding hydrogens is 338 g/mol. The van der Waals surface area contributed by atoms with E-state index in [1.165, 1.54) is 61.6 Å². The zero-order valence-electron chi connectivity index (χ0n) is 17.1. The first-order valence-electron chi connectivity index (χ1n) is 11.0. The highest BCUT2D eigenvalue weighted by Gasteiger charge is 2.40. The number of terminal acetylenes is 1. The van der Waals surface area contributed by atoms with Crippen molar-refractivity contribution in [1.29, 1.82) is 0 Å². The molecule has 5 atom stereocenters. The van der Waals surface area contributed by atoms with Gasteiger partial charge >= 0.3 is 0 Å². The molecule has 0 spiro atoms. The fraction of sp³-hybridized carbons (Fsp3) is 0.481. The van der Waals surface area contributed by atoms with E-state index in [1.807, 2.05) is 0 Å². The van der Waals surface area contributed by atoms with E-state index in [4.69, 9.17) is 12.2 Å².